The van der Waals surface area contributed by atoms with Crippen molar-refractivity contribution >= 4 is 28.6 Å². The van der Waals surface area contributed by atoms with Gasteiger partial charge in [0.2, 0.25) is 5.28 Å². The van der Waals surface area contributed by atoms with E-state index in [9.17, 15) is 0 Å². The number of nitrogens with one attached hydrogen (secondary N) is 1. The van der Waals surface area contributed by atoms with E-state index in [0.29, 0.717) is 5.65 Å². The van der Waals surface area contributed by atoms with Crippen LogP contribution >= 0.6 is 11.6 Å². The minimum atomic E-state index is 0.198. The van der Waals surface area contributed by atoms with Gasteiger partial charge in [-0.05, 0) is 44.7 Å². The van der Waals surface area contributed by atoms with Crippen LogP contribution in [0.1, 0.15) is 39.2 Å². The molecule has 2 aromatic rings. The number of imidazole rings is 1. The van der Waals surface area contributed by atoms with Crippen LogP contribution in [0.4, 0.5) is 5.82 Å². The van der Waals surface area contributed by atoms with Gasteiger partial charge in [-0.2, -0.15) is 9.97 Å². The molecular formula is C13H20ClN5O. The first-order valence-electron chi connectivity index (χ1n) is 6.88. The molecule has 0 radical (unpaired) electrons. The Balaban J connectivity index is 2.19. The van der Waals surface area contributed by atoms with Gasteiger partial charge in [0.25, 0.3) is 0 Å². The third kappa shape index (κ3) is 3.37. The summed E-state index contributed by atoms with van der Waals surface area (Å²) in [6, 6.07) is 0.278. The van der Waals surface area contributed by atoms with E-state index in [0.717, 1.165) is 37.1 Å². The lowest BCUT2D eigenvalue weighted by Gasteiger charge is -2.12. The maximum atomic E-state index is 8.76. The van der Waals surface area contributed by atoms with Crippen LogP contribution in [0, 0.1) is 0 Å². The highest BCUT2D eigenvalue weighted by atomic mass is 35.5. The monoisotopic (exact) mass is 297 g/mol. The molecule has 20 heavy (non-hydrogen) atoms. The van der Waals surface area contributed by atoms with Crippen molar-refractivity contribution in [1.29, 1.82) is 0 Å². The van der Waals surface area contributed by atoms with Crippen molar-refractivity contribution in [3.05, 3.63) is 11.6 Å². The number of hydrogen-bond donors (Lipinski definition) is 2. The van der Waals surface area contributed by atoms with Crippen LogP contribution in [0.3, 0.4) is 0 Å². The van der Waals surface area contributed by atoms with Crippen LogP contribution in [0.15, 0.2) is 6.33 Å². The van der Waals surface area contributed by atoms with E-state index in [4.69, 9.17) is 16.7 Å². The predicted molar refractivity (Wildman–Crippen MR) is 80.1 cm³/mol. The van der Waals surface area contributed by atoms with Crippen LogP contribution in [0.5, 0.6) is 0 Å². The number of fused-ring (bicyclic) bond motifs is 1. The summed E-state index contributed by atoms with van der Waals surface area (Å²) in [5, 5.41) is 12.2. The summed E-state index contributed by atoms with van der Waals surface area (Å²) >= 11 is 5.93. The lowest BCUT2D eigenvalue weighted by atomic mass is 10.2. The molecule has 6 nitrogen and oxygen atoms in total. The summed E-state index contributed by atoms with van der Waals surface area (Å²) in [5.41, 5.74) is 1.49. The lowest BCUT2D eigenvalue weighted by molar-refractivity contribution is 0.283. The summed E-state index contributed by atoms with van der Waals surface area (Å²) < 4.78 is 2.03. The Bertz CT molecular complexity index is 569. The number of nitrogens with zero attached hydrogens (tertiary/aromatic N) is 4. The third-order valence-electron chi connectivity index (χ3n) is 3.08. The fourth-order valence-electron chi connectivity index (χ4n) is 2.05. The molecule has 0 bridgehead atoms. The summed E-state index contributed by atoms with van der Waals surface area (Å²) in [6.07, 6.45) is 4.54. The maximum absolute atomic E-state index is 8.76. The normalized spacial score (nSPS) is 11.4. The number of aliphatic hydroxyl groups is 1. The van der Waals surface area contributed by atoms with Gasteiger partial charge in [0.1, 0.15) is 5.52 Å². The summed E-state index contributed by atoms with van der Waals surface area (Å²) in [7, 11) is 0. The van der Waals surface area contributed by atoms with Crippen molar-refractivity contribution in [2.45, 2.75) is 39.2 Å². The molecule has 2 N–H and O–H groups in total. The molecule has 0 aliphatic heterocycles. The molecule has 0 fully saturated rings. The zero-order chi connectivity index (χ0) is 14.5. The van der Waals surface area contributed by atoms with Gasteiger partial charge in [-0.25, -0.2) is 4.98 Å². The summed E-state index contributed by atoms with van der Waals surface area (Å²) in [4.78, 5) is 12.7. The quantitative estimate of drug-likeness (QED) is 0.607. The second kappa shape index (κ2) is 6.85. The number of hydrogen-bond acceptors (Lipinski definition) is 5. The smallest absolute Gasteiger partial charge is 0.226 e. The lowest BCUT2D eigenvalue weighted by Crippen LogP contribution is -2.08. The summed E-state index contributed by atoms with van der Waals surface area (Å²) in [6.45, 7) is 5.19. The first kappa shape index (κ1) is 15.0. The SMILES string of the molecule is CC(C)n1cnc2nc(Cl)nc(NCCCCCO)c21. The Morgan fingerprint density at radius 2 is 2.10 bits per heavy atom. The van der Waals surface area contributed by atoms with Crippen molar-refractivity contribution in [2.24, 2.45) is 0 Å². The molecule has 7 heteroatoms. The highest BCUT2D eigenvalue weighted by molar-refractivity contribution is 6.28. The number of anilines is 1. The Labute approximate surface area is 123 Å². The molecule has 0 saturated heterocycles. The fraction of sp³-hybridized carbons (Fsp3) is 0.615. The van der Waals surface area contributed by atoms with E-state index in [1.807, 2.05) is 4.57 Å². The van der Waals surface area contributed by atoms with E-state index >= 15 is 0 Å². The average molecular weight is 298 g/mol. The van der Waals surface area contributed by atoms with Crippen LogP contribution < -0.4 is 5.32 Å². The highest BCUT2D eigenvalue weighted by Crippen LogP contribution is 2.24. The van der Waals surface area contributed by atoms with E-state index in [2.05, 4.69) is 34.1 Å². The minimum Gasteiger partial charge on any atom is -0.396 e. The van der Waals surface area contributed by atoms with Crippen molar-refractivity contribution in [3.8, 4) is 0 Å². The van der Waals surface area contributed by atoms with Crippen molar-refractivity contribution in [3.63, 3.8) is 0 Å². The maximum Gasteiger partial charge on any atom is 0.226 e. The Morgan fingerprint density at radius 3 is 2.80 bits per heavy atom. The zero-order valence-electron chi connectivity index (χ0n) is 11.8. The van der Waals surface area contributed by atoms with E-state index in [-0.39, 0.29) is 17.9 Å². The van der Waals surface area contributed by atoms with Crippen LogP contribution in [-0.4, -0.2) is 37.8 Å². The van der Waals surface area contributed by atoms with E-state index < -0.39 is 0 Å². The Morgan fingerprint density at radius 1 is 1.30 bits per heavy atom. The summed E-state index contributed by atoms with van der Waals surface area (Å²) in [5.74, 6) is 0.718. The standard InChI is InChI=1S/C13H20ClN5O/c1-9(2)19-8-16-12-10(19)11(17-13(14)18-12)15-6-4-3-5-7-20/h8-9,20H,3-7H2,1-2H3,(H,15,17,18). The molecule has 110 valence electrons. The molecule has 0 aliphatic carbocycles. The third-order valence-corrected chi connectivity index (χ3v) is 3.25. The van der Waals surface area contributed by atoms with Gasteiger partial charge in [0, 0.05) is 19.2 Å². The van der Waals surface area contributed by atoms with Crippen molar-refractivity contribution in [1.82, 2.24) is 19.5 Å². The van der Waals surface area contributed by atoms with Crippen molar-refractivity contribution in [2.75, 3.05) is 18.5 Å². The number of halogens is 1. The molecule has 2 rings (SSSR count). The van der Waals surface area contributed by atoms with Gasteiger partial charge in [-0.3, -0.25) is 0 Å². The minimum absolute atomic E-state index is 0.198. The van der Waals surface area contributed by atoms with Gasteiger partial charge < -0.3 is 15.0 Å². The molecule has 0 aliphatic rings. The average Bonchev–Trinajstić information content (AvgIpc) is 2.82. The number of aromatic nitrogens is 4. The second-order valence-corrected chi connectivity index (χ2v) is 5.31. The first-order valence-corrected chi connectivity index (χ1v) is 7.26. The number of aliphatic hydroxyl groups excluding tert-OH is 1. The predicted octanol–water partition coefficient (Wildman–Crippen LogP) is 2.64. The molecule has 0 amide bonds. The molecule has 0 atom stereocenters. The number of unbranched alkanes of at least 4 members (excludes halogenated alkanes) is 2. The molecule has 0 spiro atoms. The largest absolute Gasteiger partial charge is 0.396 e. The van der Waals surface area contributed by atoms with E-state index in [1.165, 1.54) is 0 Å². The molecule has 2 heterocycles. The second-order valence-electron chi connectivity index (χ2n) is 4.97. The molecule has 2 aromatic heterocycles. The van der Waals surface area contributed by atoms with E-state index in [1.54, 1.807) is 6.33 Å². The van der Waals surface area contributed by atoms with Gasteiger partial charge in [0.15, 0.2) is 11.5 Å². The molecule has 0 unspecified atom stereocenters. The van der Waals surface area contributed by atoms with Crippen LogP contribution in [-0.2, 0) is 0 Å². The van der Waals surface area contributed by atoms with Crippen molar-refractivity contribution < 1.29 is 5.11 Å². The molecular weight excluding hydrogens is 278 g/mol. The Hall–Kier alpha value is -1.40. The van der Waals surface area contributed by atoms with Crippen LogP contribution in [0.25, 0.3) is 11.2 Å². The molecule has 0 aromatic carbocycles. The molecule has 0 saturated carbocycles. The fourth-order valence-corrected chi connectivity index (χ4v) is 2.22. The topological polar surface area (TPSA) is 75.9 Å². The van der Waals surface area contributed by atoms with Gasteiger partial charge >= 0.3 is 0 Å². The highest BCUT2D eigenvalue weighted by Gasteiger charge is 2.14. The zero-order valence-corrected chi connectivity index (χ0v) is 12.6. The van der Waals surface area contributed by atoms with Gasteiger partial charge in [0.05, 0.1) is 6.33 Å². The van der Waals surface area contributed by atoms with Gasteiger partial charge in [-0.1, -0.05) is 0 Å². The van der Waals surface area contributed by atoms with Gasteiger partial charge in [-0.15, -0.1) is 0 Å². The first-order chi connectivity index (χ1) is 9.63. The van der Waals surface area contributed by atoms with Crippen LogP contribution in [0.2, 0.25) is 5.28 Å². The Kier molecular flexibility index (Phi) is 5.14. The number of rotatable bonds is 7.